The van der Waals surface area contributed by atoms with E-state index in [1.807, 2.05) is 31.2 Å². The molecular formula is C19H26N8O2. The number of aromatic nitrogens is 3. The van der Waals surface area contributed by atoms with Gasteiger partial charge in [-0.2, -0.15) is 20.1 Å². The van der Waals surface area contributed by atoms with Crippen molar-refractivity contribution in [1.29, 1.82) is 0 Å². The summed E-state index contributed by atoms with van der Waals surface area (Å²) in [5, 5.41) is 4.45. The zero-order chi connectivity index (χ0) is 20.1. The first-order valence-electron chi connectivity index (χ1n) is 9.77. The highest BCUT2D eigenvalue weighted by Crippen LogP contribution is 2.19. The lowest BCUT2D eigenvalue weighted by Gasteiger charge is -2.30. The fourth-order valence-corrected chi connectivity index (χ4v) is 3.14. The number of nitrogen functional groups attached to an aromatic ring is 1. The van der Waals surface area contributed by atoms with Crippen LogP contribution in [0.4, 0.5) is 23.5 Å². The molecule has 2 aliphatic heterocycles. The third-order valence-electron chi connectivity index (χ3n) is 4.85. The van der Waals surface area contributed by atoms with Gasteiger partial charge >= 0.3 is 0 Å². The largest absolute Gasteiger partial charge is 0.399 e. The Labute approximate surface area is 169 Å². The minimum atomic E-state index is 0.415. The van der Waals surface area contributed by atoms with E-state index < -0.39 is 0 Å². The number of hydrogen-bond donors (Lipinski definition) is 2. The molecule has 0 amide bonds. The van der Waals surface area contributed by atoms with E-state index in [0.717, 1.165) is 43.1 Å². The third-order valence-corrected chi connectivity index (χ3v) is 4.85. The highest BCUT2D eigenvalue weighted by atomic mass is 16.5. The van der Waals surface area contributed by atoms with Gasteiger partial charge in [0.15, 0.2) is 0 Å². The van der Waals surface area contributed by atoms with Gasteiger partial charge in [-0.25, -0.2) is 5.43 Å². The first-order valence-corrected chi connectivity index (χ1v) is 9.77. The van der Waals surface area contributed by atoms with Crippen molar-refractivity contribution in [3.8, 4) is 0 Å². The number of anilines is 4. The second-order valence-corrected chi connectivity index (χ2v) is 6.89. The van der Waals surface area contributed by atoms with Crippen molar-refractivity contribution in [3.05, 3.63) is 29.8 Å². The number of benzene rings is 1. The predicted molar refractivity (Wildman–Crippen MR) is 113 cm³/mol. The van der Waals surface area contributed by atoms with Gasteiger partial charge < -0.3 is 25.0 Å². The molecular weight excluding hydrogens is 372 g/mol. The molecule has 10 heteroatoms. The molecule has 10 nitrogen and oxygen atoms in total. The summed E-state index contributed by atoms with van der Waals surface area (Å²) < 4.78 is 10.9. The van der Waals surface area contributed by atoms with E-state index in [9.17, 15) is 0 Å². The van der Waals surface area contributed by atoms with E-state index in [4.69, 9.17) is 20.2 Å². The van der Waals surface area contributed by atoms with Crippen LogP contribution in [0.15, 0.2) is 29.4 Å². The van der Waals surface area contributed by atoms with E-state index in [2.05, 4.69) is 30.3 Å². The Hall–Kier alpha value is -2.98. The Morgan fingerprint density at radius 1 is 0.897 bits per heavy atom. The molecule has 3 heterocycles. The fraction of sp³-hybridized carbons (Fsp3) is 0.474. The van der Waals surface area contributed by atoms with Gasteiger partial charge in [0.1, 0.15) is 0 Å². The maximum absolute atomic E-state index is 5.76. The van der Waals surface area contributed by atoms with Crippen LogP contribution < -0.4 is 21.0 Å². The van der Waals surface area contributed by atoms with Crippen LogP contribution >= 0.6 is 0 Å². The van der Waals surface area contributed by atoms with Crippen LogP contribution in [0.25, 0.3) is 0 Å². The summed E-state index contributed by atoms with van der Waals surface area (Å²) in [6.07, 6.45) is 0. The topological polar surface area (TPSA) is 114 Å². The first kappa shape index (κ1) is 19.3. The summed E-state index contributed by atoms with van der Waals surface area (Å²) in [6, 6.07) is 7.57. The van der Waals surface area contributed by atoms with Crippen molar-refractivity contribution in [2.75, 3.05) is 73.6 Å². The molecule has 29 heavy (non-hydrogen) atoms. The molecule has 2 aromatic rings. The molecule has 0 spiro atoms. The second kappa shape index (κ2) is 9.01. The zero-order valence-electron chi connectivity index (χ0n) is 16.5. The van der Waals surface area contributed by atoms with Gasteiger partial charge in [0.05, 0.1) is 32.1 Å². The quantitative estimate of drug-likeness (QED) is 0.432. The zero-order valence-corrected chi connectivity index (χ0v) is 16.5. The summed E-state index contributed by atoms with van der Waals surface area (Å²) in [5.74, 6) is 1.68. The van der Waals surface area contributed by atoms with Gasteiger partial charge in [-0.05, 0) is 24.6 Å². The summed E-state index contributed by atoms with van der Waals surface area (Å²) in [5.41, 5.74) is 11.3. The maximum Gasteiger partial charge on any atom is 0.250 e. The number of ether oxygens (including phenoxy) is 2. The lowest BCUT2D eigenvalue weighted by Crippen LogP contribution is -2.40. The number of nitrogens with zero attached hydrogens (tertiary/aromatic N) is 6. The Morgan fingerprint density at radius 3 is 1.93 bits per heavy atom. The predicted octanol–water partition coefficient (Wildman–Crippen LogP) is 0.963. The first-order chi connectivity index (χ1) is 14.2. The normalized spacial score (nSPS) is 18.0. The number of nitrogens with two attached hydrogens (primary N) is 1. The number of morpholine rings is 2. The van der Waals surface area contributed by atoms with Gasteiger partial charge in [-0.15, -0.1) is 0 Å². The Morgan fingerprint density at radius 2 is 1.41 bits per heavy atom. The molecule has 0 aliphatic carbocycles. The number of nitrogens with one attached hydrogen (secondary N) is 1. The van der Waals surface area contributed by atoms with Crippen LogP contribution in [0.1, 0.15) is 12.5 Å². The van der Waals surface area contributed by atoms with Crippen LogP contribution in [-0.2, 0) is 9.47 Å². The van der Waals surface area contributed by atoms with E-state index in [1.165, 1.54) is 0 Å². The number of rotatable bonds is 5. The molecule has 0 atom stereocenters. The Bertz CT molecular complexity index is 810. The average Bonchev–Trinajstić information content (AvgIpc) is 2.79. The average molecular weight is 398 g/mol. The molecule has 2 saturated heterocycles. The molecule has 0 unspecified atom stereocenters. The minimum Gasteiger partial charge on any atom is -0.399 e. The van der Waals surface area contributed by atoms with E-state index >= 15 is 0 Å². The monoisotopic (exact) mass is 398 g/mol. The standard InChI is InChI=1S/C19H26N8O2/c1-14(15-2-4-16(20)5-3-15)24-25-17-21-18(26-6-10-28-11-7-26)23-19(22-17)27-8-12-29-13-9-27/h2-5H,6-13,20H2,1H3,(H,21,22,23,25)/b24-14+. The molecule has 2 fully saturated rings. The summed E-state index contributed by atoms with van der Waals surface area (Å²) in [7, 11) is 0. The molecule has 0 radical (unpaired) electrons. The molecule has 0 saturated carbocycles. The van der Waals surface area contributed by atoms with Crippen molar-refractivity contribution < 1.29 is 9.47 Å². The molecule has 2 aliphatic rings. The molecule has 3 N–H and O–H groups in total. The summed E-state index contributed by atoms with van der Waals surface area (Å²) in [6.45, 7) is 7.57. The van der Waals surface area contributed by atoms with Crippen molar-refractivity contribution in [1.82, 2.24) is 15.0 Å². The molecule has 0 bridgehead atoms. The highest BCUT2D eigenvalue weighted by molar-refractivity contribution is 5.99. The van der Waals surface area contributed by atoms with Crippen molar-refractivity contribution in [2.45, 2.75) is 6.92 Å². The summed E-state index contributed by atoms with van der Waals surface area (Å²) in [4.78, 5) is 18.1. The van der Waals surface area contributed by atoms with Gasteiger partial charge in [-0.3, -0.25) is 0 Å². The fourth-order valence-electron chi connectivity index (χ4n) is 3.14. The number of hydrogen-bond acceptors (Lipinski definition) is 10. The minimum absolute atomic E-state index is 0.415. The van der Waals surface area contributed by atoms with Gasteiger partial charge in [0.25, 0.3) is 0 Å². The lowest BCUT2D eigenvalue weighted by atomic mass is 10.1. The van der Waals surface area contributed by atoms with Crippen molar-refractivity contribution in [2.24, 2.45) is 5.10 Å². The Balaban J connectivity index is 1.58. The van der Waals surface area contributed by atoms with Crippen LogP contribution in [0, 0.1) is 0 Å². The van der Waals surface area contributed by atoms with E-state index in [-0.39, 0.29) is 0 Å². The van der Waals surface area contributed by atoms with Gasteiger partial charge in [0.2, 0.25) is 17.8 Å². The Kier molecular flexibility index (Phi) is 6.01. The van der Waals surface area contributed by atoms with Crippen LogP contribution in [0.5, 0.6) is 0 Å². The molecule has 1 aromatic heterocycles. The number of hydrazone groups is 1. The SMILES string of the molecule is C/C(=N\Nc1nc(N2CCOCC2)nc(N2CCOCC2)n1)c1ccc(N)cc1. The second-order valence-electron chi connectivity index (χ2n) is 6.89. The third kappa shape index (κ3) is 4.90. The van der Waals surface area contributed by atoms with Crippen LogP contribution in [0.3, 0.4) is 0 Å². The van der Waals surface area contributed by atoms with Crippen molar-refractivity contribution in [3.63, 3.8) is 0 Å². The van der Waals surface area contributed by atoms with Crippen LogP contribution in [0.2, 0.25) is 0 Å². The highest BCUT2D eigenvalue weighted by Gasteiger charge is 2.20. The molecule has 154 valence electrons. The van der Waals surface area contributed by atoms with E-state index in [1.54, 1.807) is 0 Å². The maximum atomic E-state index is 5.76. The van der Waals surface area contributed by atoms with Gasteiger partial charge in [0, 0.05) is 31.9 Å². The van der Waals surface area contributed by atoms with Crippen LogP contribution in [-0.4, -0.2) is 73.3 Å². The van der Waals surface area contributed by atoms with Gasteiger partial charge in [-0.1, -0.05) is 12.1 Å². The molecule has 4 rings (SSSR count). The molecule has 1 aromatic carbocycles. The van der Waals surface area contributed by atoms with Crippen molar-refractivity contribution >= 4 is 29.2 Å². The van der Waals surface area contributed by atoms with E-state index in [0.29, 0.717) is 44.3 Å². The smallest absolute Gasteiger partial charge is 0.250 e. The lowest BCUT2D eigenvalue weighted by molar-refractivity contribution is 0.121. The summed E-state index contributed by atoms with van der Waals surface area (Å²) >= 11 is 0.